The Bertz CT molecular complexity index is 368. The lowest BCUT2D eigenvalue weighted by molar-refractivity contribution is -0.139. The van der Waals surface area contributed by atoms with Crippen LogP contribution in [0.1, 0.15) is 92.4 Å². The zero-order valence-corrected chi connectivity index (χ0v) is 16.7. The Morgan fingerprint density at radius 3 is 1.96 bits per heavy atom. The van der Waals surface area contributed by atoms with Gasteiger partial charge in [0.2, 0.25) is 0 Å². The zero-order chi connectivity index (χ0) is 17.8. The minimum atomic E-state index is -0.484. The molecule has 0 aromatic rings. The van der Waals surface area contributed by atoms with Crippen molar-refractivity contribution in [3.63, 3.8) is 0 Å². The van der Waals surface area contributed by atoms with Crippen LogP contribution in [-0.2, 0) is 9.47 Å². The van der Waals surface area contributed by atoms with E-state index in [0.717, 1.165) is 18.8 Å². The maximum atomic E-state index is 6.04. The summed E-state index contributed by atoms with van der Waals surface area (Å²) < 4.78 is 12.1. The number of hydrogen-bond acceptors (Lipinski definition) is 2. The summed E-state index contributed by atoms with van der Waals surface area (Å²) in [6.07, 6.45) is 20.6. The average molecular weight is 337 g/mol. The van der Waals surface area contributed by atoms with Crippen molar-refractivity contribution in [2.24, 2.45) is 5.92 Å². The highest BCUT2D eigenvalue weighted by molar-refractivity contribution is 5.06. The Balaban J connectivity index is 2.32. The van der Waals surface area contributed by atoms with E-state index in [4.69, 9.17) is 9.47 Å². The summed E-state index contributed by atoms with van der Waals surface area (Å²) in [5.74, 6) is 0.266. The van der Waals surface area contributed by atoms with Gasteiger partial charge in [0.1, 0.15) is 12.2 Å². The Kier molecular flexibility index (Phi) is 10.6. The molecule has 0 N–H and O–H groups in total. The number of unbranched alkanes of at least 4 members (excludes halogenated alkanes) is 6. The molecule has 0 radical (unpaired) electrons. The molecule has 1 fully saturated rings. The van der Waals surface area contributed by atoms with Gasteiger partial charge in [0.05, 0.1) is 0 Å². The molecule has 1 aliphatic heterocycles. The molecule has 2 atom stereocenters. The van der Waals surface area contributed by atoms with E-state index in [1.807, 2.05) is 13.8 Å². The molecule has 0 bridgehead atoms. The van der Waals surface area contributed by atoms with E-state index in [2.05, 4.69) is 45.1 Å². The number of hydrogen-bond donors (Lipinski definition) is 0. The van der Waals surface area contributed by atoms with E-state index in [9.17, 15) is 0 Å². The molecule has 1 saturated heterocycles. The van der Waals surface area contributed by atoms with Crippen molar-refractivity contribution in [2.45, 2.75) is 110 Å². The number of allylic oxidation sites excluding steroid dienone is 2. The summed E-state index contributed by atoms with van der Waals surface area (Å²) in [5, 5.41) is 0. The van der Waals surface area contributed by atoms with Crippen molar-refractivity contribution in [1.29, 1.82) is 0 Å². The largest absolute Gasteiger partial charge is 0.340 e. The van der Waals surface area contributed by atoms with Crippen LogP contribution >= 0.6 is 0 Å². The lowest BCUT2D eigenvalue weighted by atomic mass is 10.1. The van der Waals surface area contributed by atoms with E-state index in [0.29, 0.717) is 0 Å². The average Bonchev–Trinajstić information content (AvgIpc) is 2.80. The summed E-state index contributed by atoms with van der Waals surface area (Å²) in [5.41, 5.74) is 0. The van der Waals surface area contributed by atoms with Crippen molar-refractivity contribution in [3.8, 4) is 0 Å². The Morgan fingerprint density at radius 2 is 1.38 bits per heavy atom. The van der Waals surface area contributed by atoms with Crippen molar-refractivity contribution in [2.75, 3.05) is 0 Å². The Morgan fingerprint density at radius 1 is 0.833 bits per heavy atom. The summed E-state index contributed by atoms with van der Waals surface area (Å²) in [6.45, 7) is 10.8. The molecule has 0 unspecified atom stereocenters. The second-order valence-electron chi connectivity index (χ2n) is 7.95. The van der Waals surface area contributed by atoms with Crippen LogP contribution in [0.15, 0.2) is 24.3 Å². The predicted octanol–water partition coefficient (Wildman–Crippen LogP) is 6.81. The van der Waals surface area contributed by atoms with E-state index in [1.165, 1.54) is 44.9 Å². The molecule has 0 amide bonds. The first-order valence-corrected chi connectivity index (χ1v) is 10.1. The monoisotopic (exact) mass is 336 g/mol. The van der Waals surface area contributed by atoms with Crippen LogP contribution in [0, 0.1) is 5.92 Å². The van der Waals surface area contributed by atoms with Gasteiger partial charge in [-0.15, -0.1) is 0 Å². The van der Waals surface area contributed by atoms with Gasteiger partial charge in [0, 0.05) is 0 Å². The fourth-order valence-electron chi connectivity index (χ4n) is 3.05. The lowest BCUT2D eigenvalue weighted by Gasteiger charge is -2.15. The smallest absolute Gasteiger partial charge is 0.164 e. The van der Waals surface area contributed by atoms with Crippen molar-refractivity contribution >= 4 is 0 Å². The van der Waals surface area contributed by atoms with Gasteiger partial charge in [0.25, 0.3) is 0 Å². The van der Waals surface area contributed by atoms with Crippen LogP contribution in [0.3, 0.4) is 0 Å². The maximum Gasteiger partial charge on any atom is 0.164 e. The van der Waals surface area contributed by atoms with Gasteiger partial charge in [-0.1, -0.05) is 77.2 Å². The van der Waals surface area contributed by atoms with Gasteiger partial charge in [-0.25, -0.2) is 0 Å². The second-order valence-corrected chi connectivity index (χ2v) is 7.95. The summed E-state index contributed by atoms with van der Waals surface area (Å²) in [7, 11) is 0. The van der Waals surface area contributed by atoms with Gasteiger partial charge in [0.15, 0.2) is 5.79 Å². The van der Waals surface area contributed by atoms with Gasteiger partial charge in [-0.2, -0.15) is 0 Å². The van der Waals surface area contributed by atoms with Crippen LogP contribution in [0.5, 0.6) is 0 Å². The SMILES string of the molecule is CCCCCCCC/C=C/[C@@H]1OC(C)(C)O[C@@H]1/C=C/CCC(C)C. The van der Waals surface area contributed by atoms with Crippen LogP contribution < -0.4 is 0 Å². The van der Waals surface area contributed by atoms with Crippen LogP contribution in [0.25, 0.3) is 0 Å². The van der Waals surface area contributed by atoms with Gasteiger partial charge < -0.3 is 9.47 Å². The molecule has 1 heterocycles. The summed E-state index contributed by atoms with van der Waals surface area (Å²) >= 11 is 0. The van der Waals surface area contributed by atoms with Gasteiger partial charge in [-0.05, 0) is 45.4 Å². The van der Waals surface area contributed by atoms with E-state index >= 15 is 0 Å². The molecule has 2 nitrogen and oxygen atoms in total. The van der Waals surface area contributed by atoms with Gasteiger partial charge >= 0.3 is 0 Å². The maximum absolute atomic E-state index is 6.04. The zero-order valence-electron chi connectivity index (χ0n) is 16.7. The third-order valence-corrected chi connectivity index (χ3v) is 4.45. The van der Waals surface area contributed by atoms with Crippen molar-refractivity contribution < 1.29 is 9.47 Å². The highest BCUT2D eigenvalue weighted by Gasteiger charge is 2.38. The third kappa shape index (κ3) is 9.64. The fourth-order valence-corrected chi connectivity index (χ4v) is 3.05. The van der Waals surface area contributed by atoms with E-state index in [-0.39, 0.29) is 12.2 Å². The molecule has 0 saturated carbocycles. The van der Waals surface area contributed by atoms with Gasteiger partial charge in [-0.3, -0.25) is 0 Å². The molecule has 0 spiro atoms. The van der Waals surface area contributed by atoms with Crippen LogP contribution in [0.4, 0.5) is 0 Å². The molecule has 24 heavy (non-hydrogen) atoms. The lowest BCUT2D eigenvalue weighted by Crippen LogP contribution is -2.20. The van der Waals surface area contributed by atoms with E-state index in [1.54, 1.807) is 0 Å². The fraction of sp³-hybridized carbons (Fsp3) is 0.818. The molecule has 1 rings (SSSR count). The summed E-state index contributed by atoms with van der Waals surface area (Å²) in [4.78, 5) is 0. The molecule has 140 valence electrons. The Hall–Kier alpha value is -0.600. The first-order valence-electron chi connectivity index (χ1n) is 10.1. The van der Waals surface area contributed by atoms with Crippen LogP contribution in [0.2, 0.25) is 0 Å². The molecule has 0 aromatic heterocycles. The third-order valence-electron chi connectivity index (χ3n) is 4.45. The minimum Gasteiger partial charge on any atom is -0.340 e. The Labute approximate surface area is 150 Å². The quantitative estimate of drug-likeness (QED) is 0.288. The van der Waals surface area contributed by atoms with Crippen LogP contribution in [-0.4, -0.2) is 18.0 Å². The minimum absolute atomic E-state index is 0.0490. The standard InChI is InChI=1S/C22H40O2/c1-6-7-8-9-10-11-12-13-17-20-21(24-22(4,5)23-20)18-15-14-16-19(2)3/h13,15,17-21H,6-12,14,16H2,1-5H3/b17-13+,18-15+/t20-,21+/m0/s1. The second kappa shape index (κ2) is 11.9. The highest BCUT2D eigenvalue weighted by atomic mass is 16.7. The molecule has 1 aliphatic rings. The number of rotatable bonds is 12. The highest BCUT2D eigenvalue weighted by Crippen LogP contribution is 2.30. The number of ether oxygens (including phenoxy) is 2. The first kappa shape index (κ1) is 21.4. The topological polar surface area (TPSA) is 18.5 Å². The first-order chi connectivity index (χ1) is 11.4. The molecular weight excluding hydrogens is 296 g/mol. The van der Waals surface area contributed by atoms with Crippen molar-refractivity contribution in [1.82, 2.24) is 0 Å². The molecule has 0 aromatic carbocycles. The predicted molar refractivity (Wildman–Crippen MR) is 104 cm³/mol. The van der Waals surface area contributed by atoms with E-state index < -0.39 is 5.79 Å². The van der Waals surface area contributed by atoms with Crippen molar-refractivity contribution in [3.05, 3.63) is 24.3 Å². The molecular formula is C22H40O2. The normalized spacial score (nSPS) is 23.9. The summed E-state index contributed by atoms with van der Waals surface area (Å²) in [6, 6.07) is 0. The molecule has 0 aliphatic carbocycles. The molecule has 2 heteroatoms.